The minimum absolute atomic E-state index is 0.281. The van der Waals surface area contributed by atoms with Gasteiger partial charge in [-0.1, -0.05) is 19.1 Å². The largest absolute Gasteiger partial charge is 0.491 e. The maximum absolute atomic E-state index is 5.62. The molecule has 1 atom stereocenters. The van der Waals surface area contributed by atoms with Crippen molar-refractivity contribution in [3.8, 4) is 5.75 Å². The van der Waals surface area contributed by atoms with Gasteiger partial charge in [0, 0.05) is 6.54 Å². The van der Waals surface area contributed by atoms with Crippen LogP contribution in [0, 0.1) is 0 Å². The van der Waals surface area contributed by atoms with Gasteiger partial charge in [0.25, 0.3) is 0 Å². The van der Waals surface area contributed by atoms with Gasteiger partial charge >= 0.3 is 0 Å². The smallest absolute Gasteiger partial charge is 0.119 e. The van der Waals surface area contributed by atoms with Crippen molar-refractivity contribution in [1.82, 2.24) is 0 Å². The minimum Gasteiger partial charge on any atom is -0.491 e. The summed E-state index contributed by atoms with van der Waals surface area (Å²) in [5.41, 5.74) is 6.62. The Kier molecular flexibility index (Phi) is 3.77. The van der Waals surface area contributed by atoms with Gasteiger partial charge < -0.3 is 10.5 Å². The summed E-state index contributed by atoms with van der Waals surface area (Å²) >= 11 is 0. The Morgan fingerprint density at radius 2 is 1.92 bits per heavy atom. The fourth-order valence-electron chi connectivity index (χ4n) is 1.02. The van der Waals surface area contributed by atoms with Crippen molar-refractivity contribution >= 4 is 0 Å². The Morgan fingerprint density at radius 3 is 2.38 bits per heavy atom. The van der Waals surface area contributed by atoms with E-state index in [4.69, 9.17) is 10.5 Å². The molecular weight excluding hydrogens is 162 g/mol. The Labute approximate surface area is 79.7 Å². The minimum atomic E-state index is 0.281. The number of rotatable bonds is 4. The van der Waals surface area contributed by atoms with Gasteiger partial charge in [0.05, 0.1) is 6.10 Å². The zero-order valence-electron chi connectivity index (χ0n) is 8.29. The van der Waals surface area contributed by atoms with Gasteiger partial charge in [-0.2, -0.15) is 0 Å². The highest BCUT2D eigenvalue weighted by Gasteiger charge is 1.99. The molecule has 0 aromatic heterocycles. The van der Waals surface area contributed by atoms with Crippen molar-refractivity contribution in [3.05, 3.63) is 29.8 Å². The van der Waals surface area contributed by atoms with Gasteiger partial charge in [-0.05, 0) is 31.0 Å². The summed E-state index contributed by atoms with van der Waals surface area (Å²) in [4.78, 5) is 0. The van der Waals surface area contributed by atoms with Gasteiger partial charge in [-0.3, -0.25) is 0 Å². The van der Waals surface area contributed by atoms with Crippen LogP contribution in [0.1, 0.15) is 25.8 Å². The van der Waals surface area contributed by atoms with Crippen LogP contribution in [0.4, 0.5) is 0 Å². The SMILES string of the molecule is CC[C@H](C)Oc1ccc(CN)cc1. The molecule has 0 fully saturated rings. The maximum Gasteiger partial charge on any atom is 0.119 e. The first-order chi connectivity index (χ1) is 6.26. The molecule has 0 aliphatic rings. The molecular formula is C11H17NO. The van der Waals surface area contributed by atoms with E-state index in [-0.39, 0.29) is 6.10 Å². The summed E-state index contributed by atoms with van der Waals surface area (Å²) in [6.45, 7) is 4.76. The van der Waals surface area contributed by atoms with E-state index in [0.717, 1.165) is 17.7 Å². The third-order valence-corrected chi connectivity index (χ3v) is 2.07. The first-order valence-corrected chi connectivity index (χ1v) is 4.72. The van der Waals surface area contributed by atoms with Crippen LogP contribution in [0.3, 0.4) is 0 Å². The topological polar surface area (TPSA) is 35.2 Å². The number of ether oxygens (including phenoxy) is 1. The molecule has 13 heavy (non-hydrogen) atoms. The van der Waals surface area contributed by atoms with Crippen molar-refractivity contribution < 1.29 is 4.74 Å². The molecule has 0 saturated heterocycles. The lowest BCUT2D eigenvalue weighted by atomic mass is 10.2. The Bertz CT molecular complexity index is 243. The van der Waals surface area contributed by atoms with E-state index in [2.05, 4.69) is 13.8 Å². The summed E-state index contributed by atoms with van der Waals surface area (Å²) < 4.78 is 5.62. The fraction of sp³-hybridized carbons (Fsp3) is 0.455. The maximum atomic E-state index is 5.62. The monoisotopic (exact) mass is 179 g/mol. The molecule has 1 aromatic carbocycles. The molecule has 2 heteroatoms. The second-order valence-corrected chi connectivity index (χ2v) is 3.18. The van der Waals surface area contributed by atoms with Crippen LogP contribution in [0.5, 0.6) is 5.75 Å². The van der Waals surface area contributed by atoms with Crippen molar-refractivity contribution in [2.45, 2.75) is 32.9 Å². The van der Waals surface area contributed by atoms with Crippen LogP contribution in [0.15, 0.2) is 24.3 Å². The Balaban J connectivity index is 2.58. The highest BCUT2D eigenvalue weighted by molar-refractivity contribution is 5.27. The van der Waals surface area contributed by atoms with Crippen molar-refractivity contribution in [2.24, 2.45) is 5.73 Å². The summed E-state index contributed by atoms with van der Waals surface area (Å²) in [6.07, 6.45) is 1.31. The number of nitrogens with two attached hydrogens (primary N) is 1. The molecule has 1 rings (SSSR count). The molecule has 0 heterocycles. The predicted molar refractivity (Wildman–Crippen MR) is 54.7 cm³/mol. The lowest BCUT2D eigenvalue weighted by Gasteiger charge is -2.12. The van der Waals surface area contributed by atoms with Crippen LogP contribution in [-0.2, 0) is 6.54 Å². The highest BCUT2D eigenvalue weighted by atomic mass is 16.5. The number of hydrogen-bond acceptors (Lipinski definition) is 2. The molecule has 0 spiro atoms. The van der Waals surface area contributed by atoms with Crippen LogP contribution in [-0.4, -0.2) is 6.10 Å². The predicted octanol–water partition coefficient (Wildman–Crippen LogP) is 2.32. The average molecular weight is 179 g/mol. The molecule has 2 N–H and O–H groups in total. The zero-order chi connectivity index (χ0) is 9.68. The highest BCUT2D eigenvalue weighted by Crippen LogP contribution is 2.14. The second kappa shape index (κ2) is 4.87. The first-order valence-electron chi connectivity index (χ1n) is 4.72. The summed E-state index contributed by atoms with van der Waals surface area (Å²) in [6, 6.07) is 7.93. The van der Waals surface area contributed by atoms with E-state index in [0.29, 0.717) is 6.54 Å². The number of benzene rings is 1. The van der Waals surface area contributed by atoms with E-state index in [1.165, 1.54) is 0 Å². The number of hydrogen-bond donors (Lipinski definition) is 1. The Hall–Kier alpha value is -1.02. The van der Waals surface area contributed by atoms with E-state index in [1.807, 2.05) is 24.3 Å². The molecule has 2 nitrogen and oxygen atoms in total. The molecule has 0 aliphatic carbocycles. The molecule has 0 saturated carbocycles. The van der Waals surface area contributed by atoms with Gasteiger partial charge in [0.15, 0.2) is 0 Å². The summed E-state index contributed by atoms with van der Waals surface area (Å²) in [5, 5.41) is 0. The van der Waals surface area contributed by atoms with E-state index < -0.39 is 0 Å². The normalized spacial score (nSPS) is 12.5. The molecule has 0 aliphatic heterocycles. The molecule has 0 amide bonds. The third kappa shape index (κ3) is 3.07. The standard InChI is InChI=1S/C11H17NO/c1-3-9(2)13-11-6-4-10(8-12)5-7-11/h4-7,9H,3,8,12H2,1-2H3/t9-/m0/s1. The molecule has 0 radical (unpaired) electrons. The van der Waals surface area contributed by atoms with E-state index in [1.54, 1.807) is 0 Å². The lowest BCUT2D eigenvalue weighted by Crippen LogP contribution is -2.09. The van der Waals surface area contributed by atoms with Gasteiger partial charge in [0.2, 0.25) is 0 Å². The Morgan fingerprint density at radius 1 is 1.31 bits per heavy atom. The van der Waals surface area contributed by atoms with Gasteiger partial charge in [-0.25, -0.2) is 0 Å². The molecule has 72 valence electrons. The van der Waals surface area contributed by atoms with Crippen LogP contribution < -0.4 is 10.5 Å². The van der Waals surface area contributed by atoms with E-state index >= 15 is 0 Å². The molecule has 1 aromatic rings. The first kappa shape index (κ1) is 10.1. The fourth-order valence-corrected chi connectivity index (χ4v) is 1.02. The lowest BCUT2D eigenvalue weighted by molar-refractivity contribution is 0.217. The van der Waals surface area contributed by atoms with Crippen LogP contribution in [0.2, 0.25) is 0 Å². The molecule has 0 unspecified atom stereocenters. The third-order valence-electron chi connectivity index (χ3n) is 2.07. The van der Waals surface area contributed by atoms with Crippen molar-refractivity contribution in [3.63, 3.8) is 0 Å². The van der Waals surface area contributed by atoms with Crippen molar-refractivity contribution in [2.75, 3.05) is 0 Å². The summed E-state index contributed by atoms with van der Waals surface area (Å²) in [5.74, 6) is 0.923. The quantitative estimate of drug-likeness (QED) is 0.769. The van der Waals surface area contributed by atoms with Crippen LogP contribution >= 0.6 is 0 Å². The van der Waals surface area contributed by atoms with Crippen molar-refractivity contribution in [1.29, 1.82) is 0 Å². The van der Waals surface area contributed by atoms with E-state index in [9.17, 15) is 0 Å². The van der Waals surface area contributed by atoms with Crippen LogP contribution in [0.25, 0.3) is 0 Å². The average Bonchev–Trinajstić information content (AvgIpc) is 2.19. The zero-order valence-corrected chi connectivity index (χ0v) is 8.29. The second-order valence-electron chi connectivity index (χ2n) is 3.18. The molecule has 0 bridgehead atoms. The van der Waals surface area contributed by atoms with Gasteiger partial charge in [0.1, 0.15) is 5.75 Å². The summed E-state index contributed by atoms with van der Waals surface area (Å²) in [7, 11) is 0. The van der Waals surface area contributed by atoms with Gasteiger partial charge in [-0.15, -0.1) is 0 Å².